The Kier molecular flexibility index (Phi) is 6.11. The van der Waals surface area contributed by atoms with E-state index in [2.05, 4.69) is 10.2 Å². The molecule has 1 N–H and O–H groups in total. The molecule has 0 radical (unpaired) electrons. The molecule has 2 aliphatic rings. The first-order valence-corrected chi connectivity index (χ1v) is 9.61. The summed E-state index contributed by atoms with van der Waals surface area (Å²) in [6, 6.07) is 5.39. The minimum absolute atomic E-state index is 0.0351. The highest BCUT2D eigenvalue weighted by Crippen LogP contribution is 2.19. The van der Waals surface area contributed by atoms with E-state index < -0.39 is 0 Å². The molecular weight excluding hydrogens is 344 g/mol. The fraction of sp³-hybridized carbons (Fsp3) is 0.550. The Morgan fingerprint density at radius 2 is 1.63 bits per heavy atom. The molecule has 27 heavy (non-hydrogen) atoms. The smallest absolute Gasteiger partial charge is 0.254 e. The van der Waals surface area contributed by atoms with Gasteiger partial charge in [-0.3, -0.25) is 19.3 Å². The van der Waals surface area contributed by atoms with E-state index in [1.807, 2.05) is 22.8 Å². The number of benzene rings is 1. The summed E-state index contributed by atoms with van der Waals surface area (Å²) in [7, 11) is 0. The summed E-state index contributed by atoms with van der Waals surface area (Å²) in [5.41, 5.74) is 2.17. The zero-order valence-corrected chi connectivity index (χ0v) is 16.2. The Hall–Kier alpha value is -2.41. The highest BCUT2D eigenvalue weighted by Gasteiger charge is 2.26. The van der Waals surface area contributed by atoms with Crippen LogP contribution in [0.1, 0.15) is 35.7 Å². The first-order chi connectivity index (χ1) is 12.9. The summed E-state index contributed by atoms with van der Waals surface area (Å²) in [5.74, 6) is 0.0110. The second kappa shape index (κ2) is 8.52. The lowest BCUT2D eigenvalue weighted by molar-refractivity contribution is -0.131. The monoisotopic (exact) mass is 372 g/mol. The first kappa shape index (κ1) is 19.4. The maximum Gasteiger partial charge on any atom is 0.254 e. The van der Waals surface area contributed by atoms with Gasteiger partial charge in [-0.15, -0.1) is 0 Å². The zero-order chi connectivity index (χ0) is 19.4. The van der Waals surface area contributed by atoms with Gasteiger partial charge >= 0.3 is 0 Å². The summed E-state index contributed by atoms with van der Waals surface area (Å²) in [6.07, 6.45) is 2.20. The number of hydrogen-bond acceptors (Lipinski definition) is 4. The minimum Gasteiger partial charge on any atom is -0.342 e. The number of rotatable bonds is 4. The predicted octanol–water partition coefficient (Wildman–Crippen LogP) is 1.33. The quantitative estimate of drug-likeness (QED) is 0.866. The molecule has 0 atom stereocenters. The lowest BCUT2D eigenvalue weighted by atomic mass is 10.1. The minimum atomic E-state index is -0.154. The normalized spacial score (nSPS) is 17.9. The van der Waals surface area contributed by atoms with E-state index in [1.54, 1.807) is 12.1 Å². The van der Waals surface area contributed by atoms with Crippen LogP contribution in [0.4, 0.5) is 5.69 Å². The molecule has 3 amide bonds. The third-order valence-electron chi connectivity index (χ3n) is 5.27. The molecule has 2 aliphatic heterocycles. The average Bonchev–Trinajstić information content (AvgIpc) is 3.18. The van der Waals surface area contributed by atoms with E-state index in [1.165, 1.54) is 6.92 Å². The Morgan fingerprint density at radius 3 is 2.26 bits per heavy atom. The van der Waals surface area contributed by atoms with Gasteiger partial charge in [0, 0.05) is 57.4 Å². The molecule has 2 saturated heterocycles. The predicted molar refractivity (Wildman–Crippen MR) is 104 cm³/mol. The Labute approximate surface area is 160 Å². The van der Waals surface area contributed by atoms with Gasteiger partial charge in [0.2, 0.25) is 11.8 Å². The number of anilines is 1. The summed E-state index contributed by atoms with van der Waals surface area (Å²) >= 11 is 0. The number of aryl methyl sites for hydroxylation is 1. The molecule has 1 aromatic rings. The van der Waals surface area contributed by atoms with Gasteiger partial charge < -0.3 is 15.1 Å². The van der Waals surface area contributed by atoms with E-state index in [9.17, 15) is 14.4 Å². The van der Waals surface area contributed by atoms with Crippen molar-refractivity contribution in [1.82, 2.24) is 14.7 Å². The molecule has 2 heterocycles. The van der Waals surface area contributed by atoms with Crippen molar-refractivity contribution in [2.24, 2.45) is 0 Å². The Balaban J connectivity index is 1.55. The maximum absolute atomic E-state index is 12.8. The van der Waals surface area contributed by atoms with Crippen molar-refractivity contribution in [3.05, 3.63) is 29.3 Å². The molecule has 1 aromatic carbocycles. The fourth-order valence-corrected chi connectivity index (χ4v) is 3.63. The van der Waals surface area contributed by atoms with Crippen LogP contribution in [0, 0.1) is 6.92 Å². The van der Waals surface area contributed by atoms with Gasteiger partial charge in [-0.1, -0.05) is 6.07 Å². The largest absolute Gasteiger partial charge is 0.342 e. The van der Waals surface area contributed by atoms with Gasteiger partial charge in [0.15, 0.2) is 0 Å². The molecule has 146 valence electrons. The van der Waals surface area contributed by atoms with Crippen LogP contribution in [-0.4, -0.2) is 78.2 Å². The third kappa shape index (κ3) is 4.86. The highest BCUT2D eigenvalue weighted by molar-refractivity contribution is 5.97. The SMILES string of the molecule is CC(=O)Nc1cc(C(=O)N2CCN(CC(=O)N3CCCC3)CC2)ccc1C. The van der Waals surface area contributed by atoms with E-state index >= 15 is 0 Å². The van der Waals surface area contributed by atoms with Crippen LogP contribution < -0.4 is 5.32 Å². The number of piperazine rings is 1. The summed E-state index contributed by atoms with van der Waals surface area (Å²) in [4.78, 5) is 42.3. The number of carbonyl (C=O) groups excluding carboxylic acids is 3. The van der Waals surface area contributed by atoms with Crippen molar-refractivity contribution in [3.8, 4) is 0 Å². The van der Waals surface area contributed by atoms with Crippen molar-refractivity contribution < 1.29 is 14.4 Å². The number of nitrogens with zero attached hydrogens (tertiary/aromatic N) is 3. The zero-order valence-electron chi connectivity index (χ0n) is 16.2. The molecule has 3 rings (SSSR count). The number of amides is 3. The Morgan fingerprint density at radius 1 is 0.963 bits per heavy atom. The second-order valence-electron chi connectivity index (χ2n) is 7.37. The van der Waals surface area contributed by atoms with E-state index in [4.69, 9.17) is 0 Å². The van der Waals surface area contributed by atoms with Crippen LogP contribution in [0.2, 0.25) is 0 Å². The van der Waals surface area contributed by atoms with Crippen LogP contribution in [-0.2, 0) is 9.59 Å². The molecular formula is C20H28N4O3. The molecule has 0 aliphatic carbocycles. The second-order valence-corrected chi connectivity index (χ2v) is 7.37. The number of likely N-dealkylation sites (tertiary alicyclic amines) is 1. The van der Waals surface area contributed by atoms with Crippen LogP contribution >= 0.6 is 0 Å². The van der Waals surface area contributed by atoms with Crippen molar-refractivity contribution in [2.45, 2.75) is 26.7 Å². The van der Waals surface area contributed by atoms with Crippen molar-refractivity contribution in [1.29, 1.82) is 0 Å². The van der Waals surface area contributed by atoms with Crippen LogP contribution in [0.15, 0.2) is 18.2 Å². The molecule has 0 aromatic heterocycles. The number of nitrogens with one attached hydrogen (secondary N) is 1. The molecule has 2 fully saturated rings. The maximum atomic E-state index is 12.8. The summed E-state index contributed by atoms with van der Waals surface area (Å²) in [5, 5.41) is 2.77. The fourth-order valence-electron chi connectivity index (χ4n) is 3.63. The standard InChI is InChI=1S/C20H28N4O3/c1-15-5-6-17(13-18(15)21-16(2)25)20(27)24-11-9-22(10-12-24)14-19(26)23-7-3-4-8-23/h5-6,13H,3-4,7-12,14H2,1-2H3,(H,21,25). The average molecular weight is 372 g/mol. The molecule has 7 nitrogen and oxygen atoms in total. The third-order valence-corrected chi connectivity index (χ3v) is 5.27. The molecule has 0 bridgehead atoms. The molecule has 0 spiro atoms. The molecule has 7 heteroatoms. The van der Waals surface area contributed by atoms with Crippen LogP contribution in [0.25, 0.3) is 0 Å². The van der Waals surface area contributed by atoms with Gasteiger partial charge in [-0.25, -0.2) is 0 Å². The van der Waals surface area contributed by atoms with Gasteiger partial charge in [-0.2, -0.15) is 0 Å². The summed E-state index contributed by atoms with van der Waals surface area (Å²) in [6.45, 7) is 8.17. The van der Waals surface area contributed by atoms with Gasteiger partial charge in [0.1, 0.15) is 0 Å². The molecule has 0 saturated carbocycles. The topological polar surface area (TPSA) is 73.0 Å². The van der Waals surface area contributed by atoms with E-state index in [0.29, 0.717) is 44.0 Å². The van der Waals surface area contributed by atoms with Crippen molar-refractivity contribution in [2.75, 3.05) is 51.1 Å². The van der Waals surface area contributed by atoms with E-state index in [-0.39, 0.29) is 17.7 Å². The summed E-state index contributed by atoms with van der Waals surface area (Å²) < 4.78 is 0. The van der Waals surface area contributed by atoms with Crippen molar-refractivity contribution >= 4 is 23.4 Å². The van der Waals surface area contributed by atoms with E-state index in [0.717, 1.165) is 31.5 Å². The molecule has 0 unspecified atom stereocenters. The number of hydrogen-bond donors (Lipinski definition) is 1. The van der Waals surface area contributed by atoms with Crippen LogP contribution in [0.3, 0.4) is 0 Å². The highest BCUT2D eigenvalue weighted by atomic mass is 16.2. The Bertz CT molecular complexity index is 720. The van der Waals surface area contributed by atoms with Crippen molar-refractivity contribution in [3.63, 3.8) is 0 Å². The van der Waals surface area contributed by atoms with Gasteiger partial charge in [0.25, 0.3) is 5.91 Å². The van der Waals surface area contributed by atoms with Crippen LogP contribution in [0.5, 0.6) is 0 Å². The lowest BCUT2D eigenvalue weighted by Gasteiger charge is -2.35. The van der Waals surface area contributed by atoms with Gasteiger partial charge in [-0.05, 0) is 37.5 Å². The lowest BCUT2D eigenvalue weighted by Crippen LogP contribution is -2.51. The number of carbonyl (C=O) groups is 3. The van der Waals surface area contributed by atoms with Gasteiger partial charge in [0.05, 0.1) is 6.54 Å². The first-order valence-electron chi connectivity index (χ1n) is 9.61.